The molecular formula is C15H15NO2. The van der Waals surface area contributed by atoms with E-state index in [9.17, 15) is 0 Å². The zero-order chi connectivity index (χ0) is 12.4. The molecule has 0 atom stereocenters. The van der Waals surface area contributed by atoms with Crippen LogP contribution in [0, 0.1) is 0 Å². The maximum Gasteiger partial charge on any atom is 0.231 e. The predicted molar refractivity (Wildman–Crippen MR) is 71.1 cm³/mol. The maximum absolute atomic E-state index is 5.39. The average Bonchev–Trinajstić information content (AvgIpc) is 2.87. The zero-order valence-electron chi connectivity index (χ0n) is 10.3. The highest BCUT2D eigenvalue weighted by Gasteiger charge is 2.14. The molecule has 0 aliphatic carbocycles. The van der Waals surface area contributed by atoms with E-state index < -0.39 is 0 Å². The summed E-state index contributed by atoms with van der Waals surface area (Å²) < 4.78 is 10.7. The number of ether oxygens (including phenoxy) is 2. The number of fused-ring (bicyclic) bond motifs is 1. The quantitative estimate of drug-likeness (QED) is 0.824. The molecule has 0 radical (unpaired) electrons. The van der Waals surface area contributed by atoms with E-state index in [1.165, 1.54) is 5.56 Å². The van der Waals surface area contributed by atoms with Gasteiger partial charge in [0.15, 0.2) is 11.5 Å². The van der Waals surface area contributed by atoms with Crippen LogP contribution in [0.4, 0.5) is 5.69 Å². The average molecular weight is 241 g/mol. The Morgan fingerprint density at radius 1 is 1.00 bits per heavy atom. The van der Waals surface area contributed by atoms with Gasteiger partial charge in [-0.05, 0) is 17.7 Å². The highest BCUT2D eigenvalue weighted by Crippen LogP contribution is 2.35. The molecule has 3 nitrogen and oxygen atoms in total. The third-order valence-electron chi connectivity index (χ3n) is 3.06. The lowest BCUT2D eigenvalue weighted by Crippen LogP contribution is -2.16. The lowest BCUT2D eigenvalue weighted by molar-refractivity contribution is 0.174. The summed E-state index contributed by atoms with van der Waals surface area (Å²) in [6.45, 7) is 1.20. The normalized spacial score (nSPS) is 12.5. The molecule has 1 aliphatic heterocycles. The third kappa shape index (κ3) is 2.12. The van der Waals surface area contributed by atoms with Gasteiger partial charge in [0.05, 0.1) is 0 Å². The summed E-state index contributed by atoms with van der Waals surface area (Å²) in [5.74, 6) is 1.65. The van der Waals surface area contributed by atoms with Crippen LogP contribution in [0.1, 0.15) is 5.56 Å². The minimum Gasteiger partial charge on any atom is -0.454 e. The molecule has 18 heavy (non-hydrogen) atoms. The largest absolute Gasteiger partial charge is 0.454 e. The zero-order valence-corrected chi connectivity index (χ0v) is 10.3. The van der Waals surface area contributed by atoms with E-state index in [0.29, 0.717) is 6.79 Å². The Balaban J connectivity index is 1.78. The first-order valence-corrected chi connectivity index (χ1v) is 5.97. The fourth-order valence-electron chi connectivity index (χ4n) is 2.07. The smallest absolute Gasteiger partial charge is 0.231 e. The molecule has 0 fully saturated rings. The summed E-state index contributed by atoms with van der Waals surface area (Å²) in [6, 6.07) is 16.4. The van der Waals surface area contributed by atoms with Crippen molar-refractivity contribution in [1.82, 2.24) is 0 Å². The second kappa shape index (κ2) is 4.61. The minimum atomic E-state index is 0.321. The first kappa shape index (κ1) is 11.0. The molecule has 3 heteroatoms. The molecule has 1 aliphatic rings. The van der Waals surface area contributed by atoms with Crippen molar-refractivity contribution >= 4 is 5.69 Å². The van der Waals surface area contributed by atoms with Gasteiger partial charge in [0, 0.05) is 25.3 Å². The Morgan fingerprint density at radius 2 is 1.78 bits per heavy atom. The van der Waals surface area contributed by atoms with E-state index >= 15 is 0 Å². The van der Waals surface area contributed by atoms with Gasteiger partial charge in [-0.3, -0.25) is 0 Å². The van der Waals surface area contributed by atoms with E-state index in [4.69, 9.17) is 9.47 Å². The Kier molecular flexibility index (Phi) is 2.81. The molecule has 0 unspecified atom stereocenters. The Hall–Kier alpha value is -2.16. The molecule has 0 saturated heterocycles. The van der Waals surface area contributed by atoms with Crippen molar-refractivity contribution in [3.05, 3.63) is 54.1 Å². The lowest BCUT2D eigenvalue weighted by Gasteiger charge is -2.19. The van der Waals surface area contributed by atoms with Gasteiger partial charge in [-0.15, -0.1) is 0 Å². The van der Waals surface area contributed by atoms with Crippen LogP contribution in [0.15, 0.2) is 48.5 Å². The first-order valence-electron chi connectivity index (χ1n) is 5.97. The first-order chi connectivity index (χ1) is 8.83. The van der Waals surface area contributed by atoms with E-state index in [-0.39, 0.29) is 0 Å². The van der Waals surface area contributed by atoms with E-state index in [0.717, 1.165) is 23.7 Å². The maximum atomic E-state index is 5.39. The molecule has 2 aromatic rings. The number of nitrogens with zero attached hydrogens (tertiary/aromatic N) is 1. The molecule has 3 rings (SSSR count). The standard InChI is InChI=1S/C15H15NO2/c1-16(10-12-5-3-2-4-6-12)13-7-8-14-15(9-13)18-11-17-14/h2-9H,10-11H2,1H3. The molecule has 1 heterocycles. The Morgan fingerprint density at radius 3 is 2.61 bits per heavy atom. The molecular weight excluding hydrogens is 226 g/mol. The van der Waals surface area contributed by atoms with Crippen molar-refractivity contribution < 1.29 is 9.47 Å². The van der Waals surface area contributed by atoms with Crippen LogP contribution < -0.4 is 14.4 Å². The van der Waals surface area contributed by atoms with E-state index in [1.807, 2.05) is 18.2 Å². The van der Waals surface area contributed by atoms with Crippen molar-refractivity contribution in [2.45, 2.75) is 6.54 Å². The number of rotatable bonds is 3. The minimum absolute atomic E-state index is 0.321. The molecule has 0 aromatic heterocycles. The van der Waals surface area contributed by atoms with Crippen LogP contribution in [0.2, 0.25) is 0 Å². The lowest BCUT2D eigenvalue weighted by atomic mass is 10.2. The highest BCUT2D eigenvalue weighted by molar-refractivity contribution is 5.57. The van der Waals surface area contributed by atoms with E-state index in [2.05, 4.69) is 42.3 Å². The van der Waals surface area contributed by atoms with Crippen LogP contribution in [-0.2, 0) is 6.54 Å². The number of benzene rings is 2. The van der Waals surface area contributed by atoms with Crippen molar-refractivity contribution in [3.8, 4) is 11.5 Å². The molecule has 0 saturated carbocycles. The van der Waals surface area contributed by atoms with Crippen molar-refractivity contribution in [3.63, 3.8) is 0 Å². The second-order valence-corrected chi connectivity index (χ2v) is 4.38. The van der Waals surface area contributed by atoms with Gasteiger partial charge in [-0.2, -0.15) is 0 Å². The fourth-order valence-corrected chi connectivity index (χ4v) is 2.07. The van der Waals surface area contributed by atoms with Crippen LogP contribution >= 0.6 is 0 Å². The third-order valence-corrected chi connectivity index (χ3v) is 3.06. The fraction of sp³-hybridized carbons (Fsp3) is 0.200. The predicted octanol–water partition coefficient (Wildman–Crippen LogP) is 3.05. The van der Waals surface area contributed by atoms with Gasteiger partial charge in [0.1, 0.15) is 0 Å². The van der Waals surface area contributed by atoms with Gasteiger partial charge in [-0.25, -0.2) is 0 Å². The number of hydrogen-bond acceptors (Lipinski definition) is 3. The summed E-state index contributed by atoms with van der Waals surface area (Å²) in [4.78, 5) is 2.19. The van der Waals surface area contributed by atoms with Crippen LogP contribution in [0.25, 0.3) is 0 Å². The van der Waals surface area contributed by atoms with Gasteiger partial charge in [0.2, 0.25) is 6.79 Å². The topological polar surface area (TPSA) is 21.7 Å². The van der Waals surface area contributed by atoms with E-state index in [1.54, 1.807) is 0 Å². The van der Waals surface area contributed by atoms with Crippen molar-refractivity contribution in [2.24, 2.45) is 0 Å². The highest BCUT2D eigenvalue weighted by atomic mass is 16.7. The molecule has 0 spiro atoms. The Bertz CT molecular complexity index is 539. The summed E-state index contributed by atoms with van der Waals surface area (Å²) >= 11 is 0. The van der Waals surface area contributed by atoms with Crippen molar-refractivity contribution in [2.75, 3.05) is 18.7 Å². The van der Waals surface area contributed by atoms with Gasteiger partial charge >= 0.3 is 0 Å². The van der Waals surface area contributed by atoms with Crippen LogP contribution in [0.5, 0.6) is 11.5 Å². The number of hydrogen-bond donors (Lipinski definition) is 0. The van der Waals surface area contributed by atoms with Crippen LogP contribution in [-0.4, -0.2) is 13.8 Å². The molecule has 0 amide bonds. The van der Waals surface area contributed by atoms with Crippen molar-refractivity contribution in [1.29, 1.82) is 0 Å². The molecule has 0 N–H and O–H groups in total. The molecule has 0 bridgehead atoms. The summed E-state index contributed by atoms with van der Waals surface area (Å²) in [7, 11) is 2.07. The number of anilines is 1. The summed E-state index contributed by atoms with van der Waals surface area (Å²) in [5.41, 5.74) is 2.42. The van der Waals surface area contributed by atoms with Gasteiger partial charge in [-0.1, -0.05) is 30.3 Å². The summed E-state index contributed by atoms with van der Waals surface area (Å²) in [5, 5.41) is 0. The summed E-state index contributed by atoms with van der Waals surface area (Å²) in [6.07, 6.45) is 0. The second-order valence-electron chi connectivity index (χ2n) is 4.38. The monoisotopic (exact) mass is 241 g/mol. The Labute approximate surface area is 107 Å². The molecule has 2 aromatic carbocycles. The van der Waals surface area contributed by atoms with Crippen LogP contribution in [0.3, 0.4) is 0 Å². The molecule has 92 valence electrons. The van der Waals surface area contributed by atoms with Gasteiger partial charge in [0.25, 0.3) is 0 Å². The van der Waals surface area contributed by atoms with Gasteiger partial charge < -0.3 is 14.4 Å². The SMILES string of the molecule is CN(Cc1ccccc1)c1ccc2c(c1)OCO2.